The standard InChI is InChI=1S/C21H24F3N3O7S2/c1-3-34-19(28)14-25-20(29)27(2)12-11-26-36(32,33)18-13-16(9-10-17(18)21(22,23)24)35(30,31)15-7-5-4-6-8-15/h4-10,13,26H,3,11-12,14H2,1-2H3,(H,25,29). The predicted octanol–water partition coefficient (Wildman–Crippen LogP) is 2.02. The van der Waals surface area contributed by atoms with Crippen molar-refractivity contribution in [2.45, 2.75) is 27.8 Å². The molecule has 0 saturated heterocycles. The Morgan fingerprint density at radius 2 is 1.64 bits per heavy atom. The highest BCUT2D eigenvalue weighted by molar-refractivity contribution is 7.91. The summed E-state index contributed by atoms with van der Waals surface area (Å²) in [5.74, 6) is -0.690. The van der Waals surface area contributed by atoms with E-state index in [1.54, 1.807) is 13.0 Å². The second-order valence-electron chi connectivity index (χ2n) is 7.26. The monoisotopic (exact) mass is 551 g/mol. The van der Waals surface area contributed by atoms with Crippen molar-refractivity contribution in [3.8, 4) is 0 Å². The molecule has 0 fully saturated rings. The van der Waals surface area contributed by atoms with Crippen molar-refractivity contribution in [3.05, 3.63) is 54.1 Å². The SMILES string of the molecule is CCOC(=O)CNC(=O)N(C)CCNS(=O)(=O)c1cc(S(=O)(=O)c2ccccc2)ccc1C(F)(F)F. The smallest absolute Gasteiger partial charge is 0.417 e. The molecule has 0 aliphatic rings. The Balaban J connectivity index is 2.24. The summed E-state index contributed by atoms with van der Waals surface area (Å²) in [6.07, 6.45) is -5.09. The second-order valence-corrected chi connectivity index (χ2v) is 10.9. The number of likely N-dealkylation sites (N-methyl/N-ethyl adjacent to an activating group) is 1. The van der Waals surface area contributed by atoms with Crippen LogP contribution < -0.4 is 10.0 Å². The number of nitrogens with zero attached hydrogens (tertiary/aromatic N) is 1. The highest BCUT2D eigenvalue weighted by Gasteiger charge is 2.38. The van der Waals surface area contributed by atoms with E-state index in [-0.39, 0.29) is 18.0 Å². The summed E-state index contributed by atoms with van der Waals surface area (Å²) < 4.78 is 98.4. The molecule has 10 nitrogen and oxygen atoms in total. The number of hydrogen-bond acceptors (Lipinski definition) is 7. The lowest BCUT2D eigenvalue weighted by atomic mass is 10.2. The Labute approximate surface area is 206 Å². The first kappa shape index (κ1) is 29.1. The van der Waals surface area contributed by atoms with Crippen molar-refractivity contribution >= 4 is 31.9 Å². The van der Waals surface area contributed by atoms with E-state index in [1.807, 2.05) is 4.72 Å². The molecule has 0 radical (unpaired) electrons. The van der Waals surface area contributed by atoms with E-state index < -0.39 is 66.5 Å². The van der Waals surface area contributed by atoms with Gasteiger partial charge in [-0.2, -0.15) is 13.2 Å². The van der Waals surface area contributed by atoms with Crippen molar-refractivity contribution in [2.75, 3.05) is 33.3 Å². The number of sulfonamides is 1. The maximum atomic E-state index is 13.6. The van der Waals surface area contributed by atoms with Gasteiger partial charge in [-0.3, -0.25) is 4.79 Å². The molecule has 36 heavy (non-hydrogen) atoms. The largest absolute Gasteiger partial charge is 0.465 e. The Kier molecular flexibility index (Phi) is 9.45. The summed E-state index contributed by atoms with van der Waals surface area (Å²) in [6, 6.07) is 7.58. The number of esters is 1. The zero-order valence-corrected chi connectivity index (χ0v) is 20.8. The van der Waals surface area contributed by atoms with Gasteiger partial charge in [0.1, 0.15) is 6.54 Å². The zero-order chi connectivity index (χ0) is 27.1. The summed E-state index contributed by atoms with van der Waals surface area (Å²) in [6.45, 7) is 0.477. The number of sulfone groups is 1. The fourth-order valence-corrected chi connectivity index (χ4v) is 5.54. The molecule has 2 amide bonds. The average molecular weight is 552 g/mol. The fraction of sp³-hybridized carbons (Fsp3) is 0.333. The maximum absolute atomic E-state index is 13.6. The molecule has 0 saturated carbocycles. The molecule has 2 N–H and O–H groups in total. The highest BCUT2D eigenvalue weighted by Crippen LogP contribution is 2.36. The van der Waals surface area contributed by atoms with Gasteiger partial charge < -0.3 is 15.0 Å². The molecule has 198 valence electrons. The van der Waals surface area contributed by atoms with Crippen molar-refractivity contribution < 1.29 is 44.3 Å². The van der Waals surface area contributed by atoms with Gasteiger partial charge >= 0.3 is 18.2 Å². The van der Waals surface area contributed by atoms with Crippen LogP contribution in [0.3, 0.4) is 0 Å². The van der Waals surface area contributed by atoms with Crippen LogP contribution in [0, 0.1) is 0 Å². The molecule has 0 aliphatic heterocycles. The lowest BCUT2D eigenvalue weighted by Crippen LogP contribution is -2.43. The van der Waals surface area contributed by atoms with E-state index in [1.165, 1.54) is 31.3 Å². The Morgan fingerprint density at radius 1 is 1.00 bits per heavy atom. The Bertz CT molecular complexity index is 1300. The first-order valence-corrected chi connectivity index (χ1v) is 13.3. The van der Waals surface area contributed by atoms with Crippen LogP contribution in [0.4, 0.5) is 18.0 Å². The van der Waals surface area contributed by atoms with Gasteiger partial charge in [-0.1, -0.05) is 18.2 Å². The normalized spacial score (nSPS) is 12.1. The molecule has 0 spiro atoms. The number of hydrogen-bond donors (Lipinski definition) is 2. The topological polar surface area (TPSA) is 139 Å². The van der Waals surface area contributed by atoms with Crippen LogP contribution in [0.1, 0.15) is 12.5 Å². The van der Waals surface area contributed by atoms with E-state index in [4.69, 9.17) is 0 Å². The van der Waals surface area contributed by atoms with Gasteiger partial charge in [0, 0.05) is 20.1 Å². The molecule has 0 unspecified atom stereocenters. The summed E-state index contributed by atoms with van der Waals surface area (Å²) in [7, 11) is -7.90. The number of ether oxygens (including phenoxy) is 1. The third-order valence-corrected chi connectivity index (χ3v) is 7.96. The van der Waals surface area contributed by atoms with Crippen LogP contribution in [0.5, 0.6) is 0 Å². The zero-order valence-electron chi connectivity index (χ0n) is 19.2. The molecule has 2 aromatic carbocycles. The first-order valence-electron chi connectivity index (χ1n) is 10.4. The van der Waals surface area contributed by atoms with E-state index >= 15 is 0 Å². The Hall–Kier alpha value is -3.17. The van der Waals surface area contributed by atoms with Crippen molar-refractivity contribution in [3.63, 3.8) is 0 Å². The van der Waals surface area contributed by atoms with Gasteiger partial charge in [0.15, 0.2) is 0 Å². The molecule has 2 aromatic rings. The third-order valence-electron chi connectivity index (χ3n) is 4.69. The van der Waals surface area contributed by atoms with E-state index in [0.717, 1.165) is 4.90 Å². The van der Waals surface area contributed by atoms with Crippen LogP contribution in [-0.2, 0) is 35.6 Å². The second kappa shape index (κ2) is 11.7. The molecule has 0 aromatic heterocycles. The van der Waals surface area contributed by atoms with Gasteiger partial charge in [-0.25, -0.2) is 26.4 Å². The number of halogens is 3. The molecule has 0 atom stereocenters. The minimum atomic E-state index is -5.09. The van der Waals surface area contributed by atoms with Gasteiger partial charge in [-0.15, -0.1) is 0 Å². The van der Waals surface area contributed by atoms with Crippen molar-refractivity contribution in [1.82, 2.24) is 14.9 Å². The van der Waals surface area contributed by atoms with Crippen LogP contribution in [0.15, 0.2) is 63.2 Å². The molecular formula is C21H24F3N3O7S2. The minimum Gasteiger partial charge on any atom is -0.465 e. The summed E-state index contributed by atoms with van der Waals surface area (Å²) in [4.78, 5) is 22.1. The predicted molar refractivity (Wildman–Crippen MR) is 121 cm³/mol. The maximum Gasteiger partial charge on any atom is 0.417 e. The van der Waals surface area contributed by atoms with Crippen LogP contribution >= 0.6 is 0 Å². The van der Waals surface area contributed by atoms with E-state index in [0.29, 0.717) is 18.2 Å². The van der Waals surface area contributed by atoms with E-state index in [2.05, 4.69) is 10.1 Å². The number of alkyl halides is 3. The Morgan fingerprint density at radius 3 is 2.22 bits per heavy atom. The van der Waals surface area contributed by atoms with Crippen LogP contribution in [-0.4, -0.2) is 67.0 Å². The lowest BCUT2D eigenvalue weighted by molar-refractivity contribution is -0.142. The van der Waals surface area contributed by atoms with Gasteiger partial charge in [0.2, 0.25) is 19.9 Å². The molecule has 0 heterocycles. The highest BCUT2D eigenvalue weighted by atomic mass is 32.2. The number of amides is 2. The lowest BCUT2D eigenvalue weighted by Gasteiger charge is -2.19. The quantitative estimate of drug-likeness (QED) is 0.431. The van der Waals surface area contributed by atoms with Gasteiger partial charge in [0.05, 0.1) is 26.9 Å². The molecule has 0 bridgehead atoms. The first-order chi connectivity index (χ1) is 16.7. The number of carbonyl (C=O) groups excluding carboxylic acids is 2. The summed E-state index contributed by atoms with van der Waals surface area (Å²) >= 11 is 0. The summed E-state index contributed by atoms with van der Waals surface area (Å²) in [5, 5.41) is 2.23. The van der Waals surface area contributed by atoms with Crippen LogP contribution in [0.2, 0.25) is 0 Å². The summed E-state index contributed by atoms with van der Waals surface area (Å²) in [5.41, 5.74) is -1.55. The van der Waals surface area contributed by atoms with Gasteiger partial charge in [-0.05, 0) is 37.3 Å². The number of carbonyl (C=O) groups is 2. The van der Waals surface area contributed by atoms with Gasteiger partial charge in [0.25, 0.3) is 0 Å². The number of benzene rings is 2. The van der Waals surface area contributed by atoms with Crippen molar-refractivity contribution in [1.29, 1.82) is 0 Å². The third kappa shape index (κ3) is 7.41. The molecule has 2 rings (SSSR count). The van der Waals surface area contributed by atoms with E-state index in [9.17, 15) is 39.6 Å². The molecule has 15 heteroatoms. The number of nitrogens with one attached hydrogen (secondary N) is 2. The number of rotatable bonds is 10. The minimum absolute atomic E-state index is 0.111. The average Bonchev–Trinajstić information content (AvgIpc) is 2.82. The number of urea groups is 1. The molecular weight excluding hydrogens is 527 g/mol. The van der Waals surface area contributed by atoms with Crippen LogP contribution in [0.25, 0.3) is 0 Å². The van der Waals surface area contributed by atoms with Crippen molar-refractivity contribution in [2.24, 2.45) is 0 Å². The fourth-order valence-electron chi connectivity index (χ4n) is 2.88. The molecule has 0 aliphatic carbocycles.